The van der Waals surface area contributed by atoms with Crippen LogP contribution >= 0.6 is 0 Å². The predicted octanol–water partition coefficient (Wildman–Crippen LogP) is 3.67. The average molecular weight is 274 g/mol. The van der Waals surface area contributed by atoms with Crippen molar-refractivity contribution < 1.29 is 18.3 Å². The molecular formula is C16H12F2O2. The second-order valence-corrected chi connectivity index (χ2v) is 4.71. The zero-order valence-electron chi connectivity index (χ0n) is 10.7. The van der Waals surface area contributed by atoms with Crippen LogP contribution in [-0.4, -0.2) is 5.78 Å². The number of benzene rings is 2. The van der Waals surface area contributed by atoms with E-state index in [0.717, 1.165) is 11.6 Å². The van der Waals surface area contributed by atoms with E-state index in [4.69, 9.17) is 4.74 Å². The largest absolute Gasteiger partial charge is 0.488 e. The molecule has 0 saturated carbocycles. The zero-order chi connectivity index (χ0) is 14.1. The number of ether oxygens (including phenoxy) is 1. The lowest BCUT2D eigenvalue weighted by Gasteiger charge is -2.11. The van der Waals surface area contributed by atoms with E-state index in [9.17, 15) is 13.6 Å². The first kappa shape index (κ1) is 12.8. The van der Waals surface area contributed by atoms with Crippen molar-refractivity contribution in [3.8, 4) is 5.75 Å². The Morgan fingerprint density at radius 1 is 1.05 bits per heavy atom. The van der Waals surface area contributed by atoms with Crippen molar-refractivity contribution in [1.82, 2.24) is 0 Å². The van der Waals surface area contributed by atoms with Gasteiger partial charge in [-0.2, -0.15) is 0 Å². The number of rotatable bonds is 3. The molecule has 0 aromatic heterocycles. The summed E-state index contributed by atoms with van der Waals surface area (Å²) in [6, 6.07) is 9.23. The molecule has 2 nitrogen and oxygen atoms in total. The molecule has 4 heteroatoms. The Labute approximate surface area is 115 Å². The van der Waals surface area contributed by atoms with Crippen molar-refractivity contribution in [3.63, 3.8) is 0 Å². The minimum absolute atomic E-state index is 0.0613. The topological polar surface area (TPSA) is 26.3 Å². The summed E-state index contributed by atoms with van der Waals surface area (Å²) in [5.74, 6) is -1.12. The standard InChI is InChI=1S/C16H12F2O2/c17-13-5-1-3-10(16(13)18)9-20-15-6-2-4-11-12(15)7-8-14(11)19/h1-6H,7-9H2. The van der Waals surface area contributed by atoms with Crippen LogP contribution in [0.15, 0.2) is 36.4 Å². The number of Topliss-reactive ketones (excluding diaryl/α,β-unsaturated/α-hetero) is 1. The molecule has 0 unspecified atom stereocenters. The molecule has 0 amide bonds. The van der Waals surface area contributed by atoms with Gasteiger partial charge in [0.1, 0.15) is 12.4 Å². The maximum absolute atomic E-state index is 13.5. The fraction of sp³-hybridized carbons (Fsp3) is 0.188. The van der Waals surface area contributed by atoms with Crippen LogP contribution in [0.1, 0.15) is 27.9 Å². The Balaban J connectivity index is 1.83. The van der Waals surface area contributed by atoms with Gasteiger partial charge in [-0.05, 0) is 18.6 Å². The van der Waals surface area contributed by atoms with Crippen LogP contribution in [0.4, 0.5) is 8.78 Å². The van der Waals surface area contributed by atoms with Crippen molar-refractivity contribution in [2.75, 3.05) is 0 Å². The predicted molar refractivity (Wildman–Crippen MR) is 69.8 cm³/mol. The number of halogens is 2. The summed E-state index contributed by atoms with van der Waals surface area (Å²) in [6.45, 7) is -0.0613. The summed E-state index contributed by atoms with van der Waals surface area (Å²) in [5.41, 5.74) is 1.68. The molecule has 0 aliphatic heterocycles. The van der Waals surface area contributed by atoms with E-state index < -0.39 is 11.6 Å². The normalized spacial score (nSPS) is 13.4. The lowest BCUT2D eigenvalue weighted by molar-refractivity contribution is 0.0994. The van der Waals surface area contributed by atoms with Crippen molar-refractivity contribution in [2.24, 2.45) is 0 Å². The first-order valence-corrected chi connectivity index (χ1v) is 6.37. The van der Waals surface area contributed by atoms with Gasteiger partial charge in [-0.3, -0.25) is 4.79 Å². The second kappa shape index (κ2) is 5.04. The van der Waals surface area contributed by atoms with Crippen LogP contribution in [0.2, 0.25) is 0 Å². The molecule has 0 heterocycles. The molecular weight excluding hydrogens is 262 g/mol. The van der Waals surface area contributed by atoms with Gasteiger partial charge in [0, 0.05) is 23.1 Å². The maximum atomic E-state index is 13.5. The molecule has 20 heavy (non-hydrogen) atoms. The molecule has 0 fully saturated rings. The molecule has 2 aromatic carbocycles. The molecule has 102 valence electrons. The van der Waals surface area contributed by atoms with Crippen LogP contribution in [0.25, 0.3) is 0 Å². The second-order valence-electron chi connectivity index (χ2n) is 4.71. The zero-order valence-corrected chi connectivity index (χ0v) is 10.7. The lowest BCUT2D eigenvalue weighted by Crippen LogP contribution is -2.02. The smallest absolute Gasteiger partial charge is 0.165 e. The molecule has 0 bridgehead atoms. The fourth-order valence-electron chi connectivity index (χ4n) is 2.41. The Hall–Kier alpha value is -2.23. The Kier molecular flexibility index (Phi) is 3.22. The van der Waals surface area contributed by atoms with Gasteiger partial charge in [0.15, 0.2) is 17.4 Å². The van der Waals surface area contributed by atoms with Crippen LogP contribution in [0.3, 0.4) is 0 Å². The number of hydrogen-bond acceptors (Lipinski definition) is 2. The molecule has 0 N–H and O–H groups in total. The summed E-state index contributed by atoms with van der Waals surface area (Å²) in [4.78, 5) is 11.6. The van der Waals surface area contributed by atoms with Crippen molar-refractivity contribution in [1.29, 1.82) is 0 Å². The molecule has 2 aromatic rings. The SMILES string of the molecule is O=C1CCc2c(OCc3cccc(F)c3F)cccc21. The quantitative estimate of drug-likeness (QED) is 0.853. The van der Waals surface area contributed by atoms with Gasteiger partial charge in [0.05, 0.1) is 0 Å². The lowest BCUT2D eigenvalue weighted by atomic mass is 10.1. The minimum atomic E-state index is -0.892. The molecule has 0 saturated heterocycles. The molecule has 0 atom stereocenters. The summed E-state index contributed by atoms with van der Waals surface area (Å²) in [7, 11) is 0. The minimum Gasteiger partial charge on any atom is -0.488 e. The first-order valence-electron chi connectivity index (χ1n) is 6.37. The van der Waals surface area contributed by atoms with Crippen molar-refractivity contribution >= 4 is 5.78 Å². The first-order chi connectivity index (χ1) is 9.66. The highest BCUT2D eigenvalue weighted by atomic mass is 19.2. The van der Waals surface area contributed by atoms with Crippen LogP contribution in [-0.2, 0) is 13.0 Å². The Morgan fingerprint density at radius 3 is 2.70 bits per heavy atom. The van der Waals surface area contributed by atoms with Crippen molar-refractivity contribution in [3.05, 3.63) is 64.7 Å². The highest BCUT2D eigenvalue weighted by molar-refractivity contribution is 6.01. The summed E-state index contributed by atoms with van der Waals surface area (Å²) in [5, 5.41) is 0. The van der Waals surface area contributed by atoms with Crippen LogP contribution < -0.4 is 4.74 Å². The molecule has 3 rings (SSSR count). The molecule has 1 aliphatic carbocycles. The van der Waals surface area contributed by atoms with E-state index in [1.807, 2.05) is 0 Å². The number of carbonyl (C=O) groups is 1. The highest BCUT2D eigenvalue weighted by Gasteiger charge is 2.22. The van der Waals surface area contributed by atoms with Gasteiger partial charge < -0.3 is 4.74 Å². The number of carbonyl (C=O) groups excluding carboxylic acids is 1. The van der Waals surface area contributed by atoms with Crippen LogP contribution in [0.5, 0.6) is 5.75 Å². The van der Waals surface area contributed by atoms with E-state index in [1.54, 1.807) is 18.2 Å². The monoisotopic (exact) mass is 274 g/mol. The summed E-state index contributed by atoms with van der Waals surface area (Å²) < 4.78 is 32.2. The summed E-state index contributed by atoms with van der Waals surface area (Å²) >= 11 is 0. The Morgan fingerprint density at radius 2 is 1.85 bits per heavy atom. The van der Waals surface area contributed by atoms with Gasteiger partial charge in [-0.1, -0.05) is 24.3 Å². The maximum Gasteiger partial charge on any atom is 0.165 e. The molecule has 0 radical (unpaired) electrons. The van der Waals surface area contributed by atoms with E-state index >= 15 is 0 Å². The van der Waals surface area contributed by atoms with Gasteiger partial charge in [0.2, 0.25) is 0 Å². The van der Waals surface area contributed by atoms with Gasteiger partial charge >= 0.3 is 0 Å². The summed E-state index contributed by atoms with van der Waals surface area (Å²) in [6.07, 6.45) is 1.11. The molecule has 1 aliphatic rings. The fourth-order valence-corrected chi connectivity index (χ4v) is 2.41. The molecule has 0 spiro atoms. The van der Waals surface area contributed by atoms with E-state index in [1.165, 1.54) is 12.1 Å². The van der Waals surface area contributed by atoms with Crippen molar-refractivity contribution in [2.45, 2.75) is 19.4 Å². The van der Waals surface area contributed by atoms with E-state index in [-0.39, 0.29) is 18.0 Å². The highest BCUT2D eigenvalue weighted by Crippen LogP contribution is 2.31. The number of fused-ring (bicyclic) bond motifs is 1. The third kappa shape index (κ3) is 2.18. The number of ketones is 1. The van der Waals surface area contributed by atoms with Gasteiger partial charge in [-0.25, -0.2) is 8.78 Å². The van der Waals surface area contributed by atoms with E-state index in [2.05, 4.69) is 0 Å². The Bertz CT molecular complexity index is 680. The number of hydrogen-bond donors (Lipinski definition) is 0. The third-order valence-corrected chi connectivity index (χ3v) is 3.45. The van der Waals surface area contributed by atoms with Gasteiger partial charge in [0.25, 0.3) is 0 Å². The van der Waals surface area contributed by atoms with E-state index in [0.29, 0.717) is 24.2 Å². The van der Waals surface area contributed by atoms with Gasteiger partial charge in [-0.15, -0.1) is 0 Å². The third-order valence-electron chi connectivity index (χ3n) is 3.45. The average Bonchev–Trinajstić information content (AvgIpc) is 2.83. The van der Waals surface area contributed by atoms with Crippen LogP contribution in [0, 0.1) is 11.6 Å².